The van der Waals surface area contributed by atoms with Crippen LogP contribution in [0.2, 0.25) is 4.34 Å². The van der Waals surface area contributed by atoms with Crippen LogP contribution in [0.4, 0.5) is 0 Å². The smallest absolute Gasteiger partial charge is 0.0934 e. The van der Waals surface area contributed by atoms with Gasteiger partial charge < -0.3 is 5.32 Å². The van der Waals surface area contributed by atoms with E-state index in [1.54, 1.807) is 11.3 Å². The lowest BCUT2D eigenvalue weighted by Crippen LogP contribution is -2.18. The summed E-state index contributed by atoms with van der Waals surface area (Å²) in [4.78, 5) is 1.44. The summed E-state index contributed by atoms with van der Waals surface area (Å²) in [6.07, 6.45) is 4.41. The molecule has 0 radical (unpaired) electrons. The van der Waals surface area contributed by atoms with Gasteiger partial charge >= 0.3 is 0 Å². The molecule has 1 aliphatic carbocycles. The summed E-state index contributed by atoms with van der Waals surface area (Å²) in [5.41, 5.74) is 3.77. The molecule has 0 aliphatic heterocycles. The largest absolute Gasteiger partial charge is 0.306 e. The molecule has 5 heteroatoms. The summed E-state index contributed by atoms with van der Waals surface area (Å²) in [5.74, 6) is 0. The van der Waals surface area contributed by atoms with Crippen molar-refractivity contribution in [3.63, 3.8) is 0 Å². The maximum atomic E-state index is 6.07. The van der Waals surface area contributed by atoms with Crippen molar-refractivity contribution in [1.82, 2.24) is 15.1 Å². The minimum absolute atomic E-state index is 0.448. The molecule has 0 saturated heterocycles. The lowest BCUT2D eigenvalue weighted by atomic mass is 10.1. The maximum absolute atomic E-state index is 6.07. The minimum atomic E-state index is 0.448. The van der Waals surface area contributed by atoms with Crippen molar-refractivity contribution < 1.29 is 0 Å². The van der Waals surface area contributed by atoms with Gasteiger partial charge in [0.05, 0.1) is 10.0 Å². The van der Waals surface area contributed by atoms with Gasteiger partial charge in [0.2, 0.25) is 0 Å². The lowest BCUT2D eigenvalue weighted by molar-refractivity contribution is 0.529. The van der Waals surface area contributed by atoms with Crippen molar-refractivity contribution in [2.75, 3.05) is 0 Å². The Kier molecular flexibility index (Phi) is 3.18. The Labute approximate surface area is 116 Å². The molecule has 1 aliphatic rings. The van der Waals surface area contributed by atoms with Gasteiger partial charge in [-0.05, 0) is 31.4 Å². The van der Waals surface area contributed by atoms with Crippen LogP contribution in [0.15, 0.2) is 12.3 Å². The average molecular weight is 282 g/mol. The molecule has 0 spiro atoms. The second-order valence-corrected chi connectivity index (χ2v) is 6.58. The highest BCUT2D eigenvalue weighted by Crippen LogP contribution is 2.39. The zero-order valence-corrected chi connectivity index (χ0v) is 12.1. The first-order valence-electron chi connectivity index (χ1n) is 6.14. The molecule has 2 aromatic rings. The molecular formula is C13H16ClN3S. The van der Waals surface area contributed by atoms with E-state index in [0.717, 1.165) is 23.0 Å². The Morgan fingerprint density at radius 2 is 2.44 bits per heavy atom. The standard InChI is InChI=1S/C13H16ClN3S/c1-8-9(7-17(2)16-8)6-15-11-3-4-12-10(11)5-13(14)18-12/h5,7,11,15H,3-4,6H2,1-2H3. The molecule has 3 rings (SSSR count). The van der Waals surface area contributed by atoms with Crippen LogP contribution < -0.4 is 5.32 Å². The Morgan fingerprint density at radius 1 is 1.61 bits per heavy atom. The second-order valence-electron chi connectivity index (χ2n) is 4.81. The van der Waals surface area contributed by atoms with E-state index in [-0.39, 0.29) is 0 Å². The number of nitrogens with one attached hydrogen (secondary N) is 1. The van der Waals surface area contributed by atoms with Gasteiger partial charge in [-0.15, -0.1) is 11.3 Å². The van der Waals surface area contributed by atoms with Gasteiger partial charge in [-0.1, -0.05) is 11.6 Å². The summed E-state index contributed by atoms with van der Waals surface area (Å²) in [6, 6.07) is 2.56. The van der Waals surface area contributed by atoms with Crippen LogP contribution in [0.1, 0.15) is 34.2 Å². The second kappa shape index (κ2) is 4.68. The van der Waals surface area contributed by atoms with E-state index in [0.29, 0.717) is 6.04 Å². The zero-order valence-electron chi connectivity index (χ0n) is 10.5. The number of thiophene rings is 1. The SMILES string of the molecule is Cc1nn(C)cc1CNC1CCc2sc(Cl)cc21. The lowest BCUT2D eigenvalue weighted by Gasteiger charge is -2.12. The van der Waals surface area contributed by atoms with Gasteiger partial charge in [-0.3, -0.25) is 4.68 Å². The van der Waals surface area contributed by atoms with Crippen LogP contribution in [0, 0.1) is 6.92 Å². The third kappa shape index (κ3) is 2.20. The van der Waals surface area contributed by atoms with Crippen molar-refractivity contribution in [2.24, 2.45) is 7.05 Å². The minimum Gasteiger partial charge on any atom is -0.306 e. The molecule has 0 fully saturated rings. The molecular weight excluding hydrogens is 266 g/mol. The summed E-state index contributed by atoms with van der Waals surface area (Å²) < 4.78 is 2.78. The fourth-order valence-electron chi connectivity index (χ4n) is 2.60. The van der Waals surface area contributed by atoms with Crippen molar-refractivity contribution in [3.8, 4) is 0 Å². The first-order chi connectivity index (χ1) is 8.63. The Bertz CT molecular complexity index is 573. The van der Waals surface area contributed by atoms with Gasteiger partial charge in [0.25, 0.3) is 0 Å². The third-order valence-electron chi connectivity index (χ3n) is 3.50. The van der Waals surface area contributed by atoms with E-state index in [4.69, 9.17) is 11.6 Å². The van der Waals surface area contributed by atoms with Crippen LogP contribution in [0.25, 0.3) is 0 Å². The highest BCUT2D eigenvalue weighted by atomic mass is 35.5. The van der Waals surface area contributed by atoms with Gasteiger partial charge in [0.15, 0.2) is 0 Å². The van der Waals surface area contributed by atoms with E-state index >= 15 is 0 Å². The van der Waals surface area contributed by atoms with Crippen LogP contribution in [-0.2, 0) is 20.0 Å². The highest BCUT2D eigenvalue weighted by molar-refractivity contribution is 7.16. The fraction of sp³-hybridized carbons (Fsp3) is 0.462. The average Bonchev–Trinajstić information content (AvgIpc) is 2.91. The van der Waals surface area contributed by atoms with Crippen molar-refractivity contribution in [2.45, 2.75) is 32.4 Å². The Morgan fingerprint density at radius 3 is 3.17 bits per heavy atom. The zero-order chi connectivity index (χ0) is 12.7. The third-order valence-corrected chi connectivity index (χ3v) is 4.84. The number of rotatable bonds is 3. The van der Waals surface area contributed by atoms with Crippen molar-refractivity contribution in [3.05, 3.63) is 38.3 Å². The first-order valence-corrected chi connectivity index (χ1v) is 7.33. The molecule has 0 saturated carbocycles. The predicted molar refractivity (Wildman–Crippen MR) is 75.2 cm³/mol. The van der Waals surface area contributed by atoms with Gasteiger partial charge in [0, 0.05) is 36.3 Å². The molecule has 3 nitrogen and oxygen atoms in total. The van der Waals surface area contributed by atoms with Gasteiger partial charge in [-0.2, -0.15) is 5.10 Å². The topological polar surface area (TPSA) is 29.9 Å². The van der Waals surface area contributed by atoms with Gasteiger partial charge in [-0.25, -0.2) is 0 Å². The molecule has 2 aromatic heterocycles. The summed E-state index contributed by atoms with van der Waals surface area (Å²) >= 11 is 7.79. The van der Waals surface area contributed by atoms with Crippen LogP contribution in [0.5, 0.6) is 0 Å². The quantitative estimate of drug-likeness (QED) is 0.936. The normalized spacial score (nSPS) is 18.3. The Hall–Kier alpha value is -0.840. The summed E-state index contributed by atoms with van der Waals surface area (Å²) in [7, 11) is 1.96. The van der Waals surface area contributed by atoms with E-state index in [1.807, 2.05) is 11.7 Å². The maximum Gasteiger partial charge on any atom is 0.0934 e. The van der Waals surface area contributed by atoms with Crippen LogP contribution >= 0.6 is 22.9 Å². The van der Waals surface area contributed by atoms with Crippen molar-refractivity contribution in [1.29, 1.82) is 0 Å². The Balaban J connectivity index is 1.70. The molecule has 1 N–H and O–H groups in total. The van der Waals surface area contributed by atoms with E-state index in [1.165, 1.54) is 22.4 Å². The number of hydrogen-bond acceptors (Lipinski definition) is 3. The van der Waals surface area contributed by atoms with Crippen molar-refractivity contribution >= 4 is 22.9 Å². The highest BCUT2D eigenvalue weighted by Gasteiger charge is 2.24. The predicted octanol–water partition coefficient (Wildman–Crippen LogP) is 3.22. The van der Waals surface area contributed by atoms with Crippen LogP contribution in [-0.4, -0.2) is 9.78 Å². The molecule has 1 unspecified atom stereocenters. The van der Waals surface area contributed by atoms with E-state index in [9.17, 15) is 0 Å². The van der Waals surface area contributed by atoms with E-state index < -0.39 is 0 Å². The van der Waals surface area contributed by atoms with Crippen LogP contribution in [0.3, 0.4) is 0 Å². The number of nitrogens with zero attached hydrogens (tertiary/aromatic N) is 2. The number of fused-ring (bicyclic) bond motifs is 1. The molecule has 0 bridgehead atoms. The molecule has 96 valence electrons. The van der Waals surface area contributed by atoms with Gasteiger partial charge in [0.1, 0.15) is 0 Å². The molecule has 18 heavy (non-hydrogen) atoms. The number of aromatic nitrogens is 2. The number of aryl methyl sites for hydroxylation is 3. The fourth-order valence-corrected chi connectivity index (χ4v) is 3.95. The summed E-state index contributed by atoms with van der Waals surface area (Å²) in [5, 5.41) is 7.98. The molecule has 0 aromatic carbocycles. The first kappa shape index (κ1) is 12.2. The molecule has 1 atom stereocenters. The summed E-state index contributed by atoms with van der Waals surface area (Å²) in [6.45, 7) is 2.93. The molecule has 0 amide bonds. The monoisotopic (exact) mass is 281 g/mol. The molecule has 2 heterocycles. The number of halogens is 1. The van der Waals surface area contributed by atoms with E-state index in [2.05, 4.69) is 29.6 Å². The number of hydrogen-bond donors (Lipinski definition) is 1.